The fourth-order valence-corrected chi connectivity index (χ4v) is 1.74. The zero-order valence-corrected chi connectivity index (χ0v) is 9.57. The Morgan fingerprint density at radius 3 is 3.00 bits per heavy atom. The van der Waals surface area contributed by atoms with E-state index in [-0.39, 0.29) is 0 Å². The third-order valence-corrected chi connectivity index (χ3v) is 2.60. The van der Waals surface area contributed by atoms with Gasteiger partial charge in [0.05, 0.1) is 17.8 Å². The Morgan fingerprint density at radius 1 is 1.44 bits per heavy atom. The molecule has 0 radical (unpaired) electrons. The molecule has 1 aromatic heterocycles. The number of rotatable bonds is 4. The number of aromatic amines is 1. The van der Waals surface area contributed by atoms with Crippen molar-refractivity contribution in [3.8, 4) is 0 Å². The highest BCUT2D eigenvalue weighted by atomic mass is 16.3. The Labute approximate surface area is 94.7 Å². The molecule has 0 aliphatic rings. The van der Waals surface area contributed by atoms with Gasteiger partial charge >= 0.3 is 0 Å². The van der Waals surface area contributed by atoms with E-state index in [1.165, 1.54) is 0 Å². The summed E-state index contributed by atoms with van der Waals surface area (Å²) < 4.78 is 0. The SMILES string of the molecule is CC(C)NC[C@H](O)c1cccc2[nH]ncc12. The third kappa shape index (κ3) is 2.23. The molecule has 0 spiro atoms. The van der Waals surface area contributed by atoms with Crippen LogP contribution in [0.5, 0.6) is 0 Å². The van der Waals surface area contributed by atoms with Gasteiger partial charge in [-0.15, -0.1) is 0 Å². The van der Waals surface area contributed by atoms with Gasteiger partial charge in [0.15, 0.2) is 0 Å². The quantitative estimate of drug-likeness (QED) is 0.732. The number of hydrogen-bond acceptors (Lipinski definition) is 3. The lowest BCUT2D eigenvalue weighted by atomic mass is 10.0. The van der Waals surface area contributed by atoms with Crippen LogP contribution in [-0.4, -0.2) is 27.9 Å². The first-order chi connectivity index (χ1) is 7.68. The van der Waals surface area contributed by atoms with Gasteiger partial charge in [-0.3, -0.25) is 5.10 Å². The predicted octanol–water partition coefficient (Wildman–Crippen LogP) is 1.59. The maximum atomic E-state index is 10.1. The highest BCUT2D eigenvalue weighted by molar-refractivity contribution is 5.81. The molecule has 86 valence electrons. The predicted molar refractivity (Wildman–Crippen MR) is 64.2 cm³/mol. The van der Waals surface area contributed by atoms with Gasteiger partial charge in [-0.1, -0.05) is 26.0 Å². The maximum Gasteiger partial charge on any atom is 0.0921 e. The highest BCUT2D eigenvalue weighted by Crippen LogP contribution is 2.22. The van der Waals surface area contributed by atoms with Gasteiger partial charge in [0, 0.05) is 18.0 Å². The molecule has 2 rings (SSSR count). The van der Waals surface area contributed by atoms with Crippen molar-refractivity contribution in [3.63, 3.8) is 0 Å². The van der Waals surface area contributed by atoms with E-state index in [0.717, 1.165) is 16.5 Å². The van der Waals surface area contributed by atoms with Crippen molar-refractivity contribution in [2.75, 3.05) is 6.54 Å². The van der Waals surface area contributed by atoms with E-state index in [0.29, 0.717) is 12.6 Å². The number of H-pyrrole nitrogens is 1. The average Bonchev–Trinajstić information content (AvgIpc) is 2.73. The van der Waals surface area contributed by atoms with Crippen LogP contribution in [0.1, 0.15) is 25.5 Å². The molecule has 0 amide bonds. The van der Waals surface area contributed by atoms with E-state index in [4.69, 9.17) is 0 Å². The van der Waals surface area contributed by atoms with Crippen LogP contribution in [0.15, 0.2) is 24.4 Å². The minimum absolute atomic E-state index is 0.373. The summed E-state index contributed by atoms with van der Waals surface area (Å²) in [6.07, 6.45) is 1.26. The summed E-state index contributed by atoms with van der Waals surface area (Å²) >= 11 is 0. The molecule has 1 heterocycles. The molecule has 0 aliphatic carbocycles. The number of aliphatic hydroxyl groups is 1. The second kappa shape index (κ2) is 4.63. The maximum absolute atomic E-state index is 10.1. The summed E-state index contributed by atoms with van der Waals surface area (Å²) in [6.45, 7) is 4.68. The Kier molecular flexibility index (Phi) is 3.22. The number of nitrogens with zero attached hydrogens (tertiary/aromatic N) is 1. The number of fused-ring (bicyclic) bond motifs is 1. The molecule has 2 aromatic rings. The summed E-state index contributed by atoms with van der Waals surface area (Å²) in [6, 6.07) is 6.19. The fraction of sp³-hybridized carbons (Fsp3) is 0.417. The molecule has 0 saturated heterocycles. The van der Waals surface area contributed by atoms with E-state index in [1.54, 1.807) is 6.20 Å². The third-order valence-electron chi connectivity index (χ3n) is 2.60. The summed E-state index contributed by atoms with van der Waals surface area (Å²) in [7, 11) is 0. The van der Waals surface area contributed by atoms with Gasteiger partial charge in [-0.2, -0.15) is 5.10 Å². The first-order valence-electron chi connectivity index (χ1n) is 5.52. The lowest BCUT2D eigenvalue weighted by Gasteiger charge is -2.15. The van der Waals surface area contributed by atoms with Gasteiger partial charge in [-0.25, -0.2) is 0 Å². The highest BCUT2D eigenvalue weighted by Gasteiger charge is 2.11. The Morgan fingerprint density at radius 2 is 2.25 bits per heavy atom. The van der Waals surface area contributed by atoms with E-state index in [1.807, 2.05) is 18.2 Å². The minimum atomic E-state index is -0.497. The lowest BCUT2D eigenvalue weighted by molar-refractivity contribution is 0.173. The van der Waals surface area contributed by atoms with Crippen LogP contribution < -0.4 is 5.32 Å². The van der Waals surface area contributed by atoms with Crippen LogP contribution in [0.3, 0.4) is 0 Å². The van der Waals surface area contributed by atoms with Gasteiger partial charge in [-0.05, 0) is 11.6 Å². The van der Waals surface area contributed by atoms with Crippen LogP contribution in [0.25, 0.3) is 10.9 Å². The van der Waals surface area contributed by atoms with Crippen molar-refractivity contribution >= 4 is 10.9 Å². The van der Waals surface area contributed by atoms with E-state index < -0.39 is 6.10 Å². The summed E-state index contributed by atoms with van der Waals surface area (Å²) in [5.41, 5.74) is 1.88. The second-order valence-electron chi connectivity index (χ2n) is 4.26. The molecular weight excluding hydrogens is 202 g/mol. The van der Waals surface area contributed by atoms with Crippen molar-refractivity contribution in [1.29, 1.82) is 0 Å². The Bertz CT molecular complexity index is 464. The molecule has 4 heteroatoms. The molecule has 0 aliphatic heterocycles. The normalized spacial score (nSPS) is 13.5. The van der Waals surface area contributed by atoms with Crippen LogP contribution >= 0.6 is 0 Å². The first-order valence-corrected chi connectivity index (χ1v) is 5.52. The summed E-state index contributed by atoms with van der Waals surface area (Å²) in [5, 5.41) is 21.2. The molecule has 0 saturated carbocycles. The van der Waals surface area contributed by atoms with Gasteiger partial charge < -0.3 is 10.4 Å². The molecule has 0 bridgehead atoms. The van der Waals surface area contributed by atoms with Crippen LogP contribution in [-0.2, 0) is 0 Å². The fourth-order valence-electron chi connectivity index (χ4n) is 1.74. The molecular formula is C12H17N3O. The lowest BCUT2D eigenvalue weighted by Crippen LogP contribution is -2.27. The molecule has 0 unspecified atom stereocenters. The smallest absolute Gasteiger partial charge is 0.0921 e. The van der Waals surface area contributed by atoms with Crippen LogP contribution in [0.4, 0.5) is 0 Å². The zero-order chi connectivity index (χ0) is 11.5. The van der Waals surface area contributed by atoms with Crippen LogP contribution in [0.2, 0.25) is 0 Å². The topological polar surface area (TPSA) is 60.9 Å². The number of benzene rings is 1. The van der Waals surface area contributed by atoms with Crippen molar-refractivity contribution in [3.05, 3.63) is 30.0 Å². The zero-order valence-electron chi connectivity index (χ0n) is 9.57. The molecule has 3 N–H and O–H groups in total. The van der Waals surface area contributed by atoms with Crippen molar-refractivity contribution < 1.29 is 5.11 Å². The summed E-state index contributed by atoms with van der Waals surface area (Å²) in [4.78, 5) is 0. The number of aromatic nitrogens is 2. The van der Waals surface area contributed by atoms with Crippen molar-refractivity contribution in [2.45, 2.75) is 26.0 Å². The van der Waals surface area contributed by atoms with E-state index in [9.17, 15) is 5.11 Å². The van der Waals surface area contributed by atoms with E-state index in [2.05, 4.69) is 29.4 Å². The minimum Gasteiger partial charge on any atom is -0.387 e. The van der Waals surface area contributed by atoms with Gasteiger partial charge in [0.2, 0.25) is 0 Å². The van der Waals surface area contributed by atoms with Crippen LogP contribution in [0, 0.1) is 0 Å². The summed E-state index contributed by atoms with van der Waals surface area (Å²) in [5.74, 6) is 0. The first kappa shape index (κ1) is 11.1. The van der Waals surface area contributed by atoms with Crippen molar-refractivity contribution in [2.24, 2.45) is 0 Å². The number of aliphatic hydroxyl groups excluding tert-OH is 1. The molecule has 1 atom stereocenters. The standard InChI is InChI=1S/C12H17N3O/c1-8(2)13-7-12(16)9-4-3-5-11-10(9)6-14-15-11/h3-6,8,12-13,16H,7H2,1-2H3,(H,14,15)/t12-/m0/s1. The van der Waals surface area contributed by atoms with Gasteiger partial charge in [0.1, 0.15) is 0 Å². The Hall–Kier alpha value is -1.39. The molecule has 0 fully saturated rings. The number of hydrogen-bond donors (Lipinski definition) is 3. The molecule has 4 nitrogen and oxygen atoms in total. The Balaban J connectivity index is 2.22. The van der Waals surface area contributed by atoms with Gasteiger partial charge in [0.25, 0.3) is 0 Å². The van der Waals surface area contributed by atoms with E-state index >= 15 is 0 Å². The van der Waals surface area contributed by atoms with Crippen molar-refractivity contribution in [1.82, 2.24) is 15.5 Å². The average molecular weight is 219 g/mol. The monoisotopic (exact) mass is 219 g/mol. The molecule has 16 heavy (non-hydrogen) atoms. The largest absolute Gasteiger partial charge is 0.387 e. The number of nitrogens with one attached hydrogen (secondary N) is 2. The molecule has 1 aromatic carbocycles. The second-order valence-corrected chi connectivity index (χ2v) is 4.26.